The number of amides is 1. The van der Waals surface area contributed by atoms with Gasteiger partial charge in [0.2, 0.25) is 0 Å². The first-order chi connectivity index (χ1) is 11.1. The molecule has 2 aromatic rings. The van der Waals surface area contributed by atoms with Crippen LogP contribution in [0.2, 0.25) is 0 Å². The summed E-state index contributed by atoms with van der Waals surface area (Å²) in [5.74, 6) is 0.370. The molecule has 1 aromatic carbocycles. The average molecular weight is 308 g/mol. The minimum atomic E-state index is -0.250. The van der Waals surface area contributed by atoms with Gasteiger partial charge in [0.05, 0.1) is 22.9 Å². The van der Waals surface area contributed by atoms with E-state index in [1.165, 1.54) is 6.20 Å². The monoisotopic (exact) mass is 308 g/mol. The largest absolute Gasteiger partial charge is 0.384 e. The van der Waals surface area contributed by atoms with Gasteiger partial charge in [-0.25, -0.2) is 0 Å². The van der Waals surface area contributed by atoms with Crippen LogP contribution in [0.3, 0.4) is 0 Å². The number of benzene rings is 1. The second kappa shape index (κ2) is 7.95. The number of nitriles is 1. The fourth-order valence-electron chi connectivity index (χ4n) is 2.04. The van der Waals surface area contributed by atoms with Crippen molar-refractivity contribution in [3.05, 3.63) is 53.9 Å². The van der Waals surface area contributed by atoms with E-state index in [2.05, 4.69) is 29.5 Å². The number of nitrogens with one attached hydrogen (secondary N) is 2. The van der Waals surface area contributed by atoms with E-state index in [1.807, 2.05) is 6.07 Å². The Bertz CT molecular complexity index is 719. The first kappa shape index (κ1) is 16.5. The van der Waals surface area contributed by atoms with Crippen molar-refractivity contribution >= 4 is 17.3 Å². The second-order valence-electron chi connectivity index (χ2n) is 5.72. The third kappa shape index (κ3) is 5.11. The van der Waals surface area contributed by atoms with Crippen molar-refractivity contribution in [2.75, 3.05) is 17.2 Å². The maximum atomic E-state index is 12.3. The number of aromatic nitrogens is 1. The number of rotatable bonds is 6. The lowest BCUT2D eigenvalue weighted by Crippen LogP contribution is -2.13. The van der Waals surface area contributed by atoms with Crippen LogP contribution in [0, 0.1) is 17.2 Å². The van der Waals surface area contributed by atoms with Gasteiger partial charge in [-0.15, -0.1) is 0 Å². The molecule has 0 atom stereocenters. The molecule has 118 valence electrons. The molecule has 0 saturated heterocycles. The number of hydrogen-bond acceptors (Lipinski definition) is 4. The Hall–Kier alpha value is -2.87. The van der Waals surface area contributed by atoms with E-state index in [4.69, 9.17) is 5.26 Å². The Labute approximate surface area is 136 Å². The molecular weight excluding hydrogens is 288 g/mol. The van der Waals surface area contributed by atoms with Gasteiger partial charge < -0.3 is 10.6 Å². The number of carbonyl (C=O) groups is 1. The van der Waals surface area contributed by atoms with Gasteiger partial charge in [-0.05, 0) is 36.6 Å². The summed E-state index contributed by atoms with van der Waals surface area (Å²) >= 11 is 0. The summed E-state index contributed by atoms with van der Waals surface area (Å²) in [7, 11) is 0. The summed E-state index contributed by atoms with van der Waals surface area (Å²) in [5.41, 5.74) is 2.39. The van der Waals surface area contributed by atoms with Crippen LogP contribution in [-0.2, 0) is 0 Å². The molecule has 0 aliphatic heterocycles. The Kier molecular flexibility index (Phi) is 5.70. The van der Waals surface area contributed by atoms with Crippen molar-refractivity contribution in [3.8, 4) is 6.07 Å². The standard InChI is InChI=1S/C18H20N4O/c1-13(2)6-7-21-17-9-15(11-20-12-17)18(23)22-16-5-3-4-14(8-16)10-19/h3-5,8-9,11-13,21H,6-7H2,1-2H3,(H,22,23). The van der Waals surface area contributed by atoms with E-state index in [1.54, 1.807) is 36.5 Å². The van der Waals surface area contributed by atoms with Crippen molar-refractivity contribution in [1.82, 2.24) is 4.98 Å². The molecule has 2 rings (SSSR count). The van der Waals surface area contributed by atoms with E-state index in [-0.39, 0.29) is 5.91 Å². The van der Waals surface area contributed by atoms with Crippen LogP contribution >= 0.6 is 0 Å². The first-order valence-corrected chi connectivity index (χ1v) is 7.59. The van der Waals surface area contributed by atoms with E-state index < -0.39 is 0 Å². The predicted octanol–water partition coefficient (Wildman–Crippen LogP) is 3.66. The maximum Gasteiger partial charge on any atom is 0.257 e. The zero-order chi connectivity index (χ0) is 16.7. The van der Waals surface area contributed by atoms with Crippen LogP contribution < -0.4 is 10.6 Å². The highest BCUT2D eigenvalue weighted by atomic mass is 16.1. The number of hydrogen-bond donors (Lipinski definition) is 2. The SMILES string of the molecule is CC(C)CCNc1cncc(C(=O)Nc2cccc(C#N)c2)c1. The topological polar surface area (TPSA) is 77.8 Å². The van der Waals surface area contributed by atoms with E-state index in [0.29, 0.717) is 22.7 Å². The molecule has 0 bridgehead atoms. The molecule has 0 fully saturated rings. The molecule has 5 nitrogen and oxygen atoms in total. The maximum absolute atomic E-state index is 12.3. The summed E-state index contributed by atoms with van der Waals surface area (Å²) in [6.07, 6.45) is 4.28. The zero-order valence-electron chi connectivity index (χ0n) is 13.3. The summed E-state index contributed by atoms with van der Waals surface area (Å²) in [6.45, 7) is 5.17. The highest BCUT2D eigenvalue weighted by molar-refractivity contribution is 6.04. The lowest BCUT2D eigenvalue weighted by Gasteiger charge is -2.10. The van der Waals surface area contributed by atoms with Crippen LogP contribution in [0.4, 0.5) is 11.4 Å². The molecule has 0 aliphatic rings. The Morgan fingerprint density at radius 1 is 1.26 bits per heavy atom. The highest BCUT2D eigenvalue weighted by Crippen LogP contribution is 2.14. The molecule has 0 saturated carbocycles. The molecule has 0 spiro atoms. The molecule has 0 unspecified atom stereocenters. The lowest BCUT2D eigenvalue weighted by molar-refractivity contribution is 0.102. The van der Waals surface area contributed by atoms with Crippen molar-refractivity contribution in [2.24, 2.45) is 5.92 Å². The number of carbonyl (C=O) groups excluding carboxylic acids is 1. The molecule has 0 aliphatic carbocycles. The van der Waals surface area contributed by atoms with Crippen molar-refractivity contribution in [2.45, 2.75) is 20.3 Å². The average Bonchev–Trinajstić information content (AvgIpc) is 2.55. The fourth-order valence-corrected chi connectivity index (χ4v) is 2.04. The van der Waals surface area contributed by atoms with Crippen molar-refractivity contribution in [1.29, 1.82) is 5.26 Å². The Balaban J connectivity index is 2.03. The van der Waals surface area contributed by atoms with E-state index in [0.717, 1.165) is 18.7 Å². The van der Waals surface area contributed by atoms with Gasteiger partial charge in [-0.1, -0.05) is 19.9 Å². The third-order valence-electron chi connectivity index (χ3n) is 3.30. The Morgan fingerprint density at radius 3 is 2.83 bits per heavy atom. The molecule has 1 heterocycles. The van der Waals surface area contributed by atoms with Gasteiger partial charge in [0.1, 0.15) is 0 Å². The van der Waals surface area contributed by atoms with Crippen LogP contribution in [-0.4, -0.2) is 17.4 Å². The summed E-state index contributed by atoms with van der Waals surface area (Å²) in [5, 5.41) is 14.9. The second-order valence-corrected chi connectivity index (χ2v) is 5.72. The summed E-state index contributed by atoms with van der Waals surface area (Å²) < 4.78 is 0. The van der Waals surface area contributed by atoms with Crippen molar-refractivity contribution < 1.29 is 4.79 Å². The molecule has 5 heteroatoms. The van der Waals surface area contributed by atoms with Gasteiger partial charge in [0, 0.05) is 24.6 Å². The zero-order valence-corrected chi connectivity index (χ0v) is 13.3. The van der Waals surface area contributed by atoms with Crippen LogP contribution in [0.15, 0.2) is 42.7 Å². The molecular formula is C18H20N4O. The van der Waals surface area contributed by atoms with Crippen LogP contribution in [0.25, 0.3) is 0 Å². The normalized spacial score (nSPS) is 10.2. The van der Waals surface area contributed by atoms with Gasteiger partial charge in [-0.3, -0.25) is 9.78 Å². The minimum absolute atomic E-state index is 0.250. The van der Waals surface area contributed by atoms with Gasteiger partial charge in [0.25, 0.3) is 5.91 Å². The van der Waals surface area contributed by atoms with Gasteiger partial charge in [0.15, 0.2) is 0 Å². The molecule has 2 N–H and O–H groups in total. The van der Waals surface area contributed by atoms with Crippen LogP contribution in [0.5, 0.6) is 0 Å². The fraction of sp³-hybridized carbons (Fsp3) is 0.278. The summed E-state index contributed by atoms with van der Waals surface area (Å²) in [6, 6.07) is 10.6. The third-order valence-corrected chi connectivity index (χ3v) is 3.30. The van der Waals surface area contributed by atoms with Gasteiger partial charge in [-0.2, -0.15) is 5.26 Å². The minimum Gasteiger partial charge on any atom is -0.384 e. The van der Waals surface area contributed by atoms with Gasteiger partial charge >= 0.3 is 0 Å². The first-order valence-electron chi connectivity index (χ1n) is 7.59. The lowest BCUT2D eigenvalue weighted by atomic mass is 10.1. The Morgan fingerprint density at radius 2 is 2.09 bits per heavy atom. The number of anilines is 2. The number of nitrogens with zero attached hydrogens (tertiary/aromatic N) is 2. The predicted molar refractivity (Wildman–Crippen MR) is 91.3 cm³/mol. The molecule has 1 amide bonds. The number of pyridine rings is 1. The smallest absolute Gasteiger partial charge is 0.257 e. The molecule has 0 radical (unpaired) electrons. The van der Waals surface area contributed by atoms with E-state index >= 15 is 0 Å². The molecule has 23 heavy (non-hydrogen) atoms. The van der Waals surface area contributed by atoms with Crippen LogP contribution in [0.1, 0.15) is 36.2 Å². The quantitative estimate of drug-likeness (QED) is 0.853. The summed E-state index contributed by atoms with van der Waals surface area (Å²) in [4.78, 5) is 16.4. The van der Waals surface area contributed by atoms with E-state index in [9.17, 15) is 4.79 Å². The molecule has 1 aromatic heterocycles. The van der Waals surface area contributed by atoms with Crippen molar-refractivity contribution in [3.63, 3.8) is 0 Å². The highest BCUT2D eigenvalue weighted by Gasteiger charge is 2.08.